The lowest BCUT2D eigenvalue weighted by Crippen LogP contribution is -2.27. The molecule has 0 saturated heterocycles. The Morgan fingerprint density at radius 1 is 1.04 bits per heavy atom. The second-order valence-corrected chi connectivity index (χ2v) is 7.85. The maximum absolute atomic E-state index is 12.3. The van der Waals surface area contributed by atoms with Crippen LogP contribution < -0.4 is 5.32 Å². The minimum Gasteiger partial charge on any atom is -0.326 e. The monoisotopic (exact) mass is 361 g/mol. The van der Waals surface area contributed by atoms with Crippen LogP contribution in [-0.2, 0) is 4.79 Å². The van der Waals surface area contributed by atoms with E-state index in [1.165, 1.54) is 11.8 Å². The number of carbonyl (C=O) groups is 2. The minimum absolute atomic E-state index is 0.0219. The Hall–Kier alpha value is -1.78. The Labute approximate surface area is 151 Å². The standard InChI is InChI=1S/C19H20ClNO2S/c1-19(2,3)18(23)21-14-10-8-13(9-11-14)16(22)12-24-17-7-5-4-6-15(17)20/h4-11H,12H2,1-3H3,(H,21,23). The maximum atomic E-state index is 12.3. The van der Waals surface area contributed by atoms with E-state index in [2.05, 4.69) is 5.32 Å². The zero-order valence-corrected chi connectivity index (χ0v) is 15.5. The lowest BCUT2D eigenvalue weighted by atomic mass is 9.95. The van der Waals surface area contributed by atoms with Crippen LogP contribution in [0.4, 0.5) is 5.69 Å². The first-order chi connectivity index (χ1) is 11.3. The molecule has 1 N–H and O–H groups in total. The Bertz CT molecular complexity index is 736. The van der Waals surface area contributed by atoms with E-state index in [0.29, 0.717) is 22.0 Å². The van der Waals surface area contributed by atoms with Crippen LogP contribution in [0.15, 0.2) is 53.4 Å². The van der Waals surface area contributed by atoms with Gasteiger partial charge in [-0.2, -0.15) is 0 Å². The van der Waals surface area contributed by atoms with Crippen LogP contribution in [0.5, 0.6) is 0 Å². The van der Waals surface area contributed by atoms with Crippen molar-refractivity contribution in [2.75, 3.05) is 11.1 Å². The Morgan fingerprint density at radius 2 is 1.67 bits per heavy atom. The maximum Gasteiger partial charge on any atom is 0.229 e. The summed E-state index contributed by atoms with van der Waals surface area (Å²) >= 11 is 7.50. The van der Waals surface area contributed by atoms with Gasteiger partial charge in [-0.05, 0) is 36.4 Å². The van der Waals surface area contributed by atoms with E-state index in [0.717, 1.165) is 4.90 Å². The quantitative estimate of drug-likeness (QED) is 0.580. The highest BCUT2D eigenvalue weighted by Crippen LogP contribution is 2.27. The molecule has 2 aromatic carbocycles. The number of rotatable bonds is 5. The van der Waals surface area contributed by atoms with Crippen LogP contribution in [-0.4, -0.2) is 17.4 Å². The number of Topliss-reactive ketones (excluding diaryl/α,β-unsaturated/α-hetero) is 1. The van der Waals surface area contributed by atoms with Crippen molar-refractivity contribution >= 4 is 40.7 Å². The van der Waals surface area contributed by atoms with Gasteiger partial charge in [0.15, 0.2) is 5.78 Å². The highest BCUT2D eigenvalue weighted by Gasteiger charge is 2.21. The minimum atomic E-state index is -0.458. The fourth-order valence-corrected chi connectivity index (χ4v) is 2.98. The second-order valence-electron chi connectivity index (χ2n) is 6.42. The van der Waals surface area contributed by atoms with Crippen LogP contribution in [0, 0.1) is 5.41 Å². The summed E-state index contributed by atoms with van der Waals surface area (Å²) in [5, 5.41) is 3.49. The van der Waals surface area contributed by atoms with Gasteiger partial charge in [0.25, 0.3) is 0 Å². The predicted octanol–water partition coefficient (Wildman–Crippen LogP) is 5.30. The average Bonchev–Trinajstić information content (AvgIpc) is 2.53. The van der Waals surface area contributed by atoms with E-state index in [1.54, 1.807) is 30.3 Å². The molecule has 0 aliphatic rings. The lowest BCUT2D eigenvalue weighted by molar-refractivity contribution is -0.123. The Kier molecular flexibility index (Phi) is 6.08. The fourth-order valence-electron chi connectivity index (χ4n) is 1.85. The molecule has 0 bridgehead atoms. The number of thioether (sulfide) groups is 1. The van der Waals surface area contributed by atoms with E-state index >= 15 is 0 Å². The Morgan fingerprint density at radius 3 is 2.25 bits per heavy atom. The van der Waals surface area contributed by atoms with Crippen molar-refractivity contribution in [1.82, 2.24) is 0 Å². The Balaban J connectivity index is 1.96. The molecule has 0 atom stereocenters. The summed E-state index contributed by atoms with van der Waals surface area (Å²) in [5.74, 6) is 0.279. The first-order valence-electron chi connectivity index (χ1n) is 7.59. The van der Waals surface area contributed by atoms with Gasteiger partial charge in [0.2, 0.25) is 5.91 Å². The highest BCUT2D eigenvalue weighted by molar-refractivity contribution is 8.00. The van der Waals surface area contributed by atoms with Crippen molar-refractivity contribution in [1.29, 1.82) is 0 Å². The molecule has 0 aliphatic carbocycles. The molecular weight excluding hydrogens is 342 g/mol. The first kappa shape index (κ1) is 18.6. The first-order valence-corrected chi connectivity index (χ1v) is 8.96. The van der Waals surface area contributed by atoms with E-state index in [4.69, 9.17) is 11.6 Å². The number of hydrogen-bond acceptors (Lipinski definition) is 3. The van der Waals surface area contributed by atoms with Crippen molar-refractivity contribution in [3.05, 3.63) is 59.1 Å². The van der Waals surface area contributed by atoms with Gasteiger partial charge in [-0.15, -0.1) is 11.8 Å². The summed E-state index contributed by atoms with van der Waals surface area (Å²) in [6.07, 6.45) is 0. The molecule has 0 spiro atoms. The number of amides is 1. The number of ketones is 1. The molecule has 1 amide bonds. The van der Waals surface area contributed by atoms with Crippen LogP contribution in [0.1, 0.15) is 31.1 Å². The van der Waals surface area contributed by atoms with Crippen molar-refractivity contribution < 1.29 is 9.59 Å². The number of anilines is 1. The van der Waals surface area contributed by atoms with Gasteiger partial charge >= 0.3 is 0 Å². The van der Waals surface area contributed by atoms with Gasteiger partial charge in [-0.3, -0.25) is 9.59 Å². The third-order valence-electron chi connectivity index (χ3n) is 3.34. The normalized spacial score (nSPS) is 11.2. The number of nitrogens with one attached hydrogen (secondary N) is 1. The van der Waals surface area contributed by atoms with Crippen LogP contribution in [0.25, 0.3) is 0 Å². The zero-order chi connectivity index (χ0) is 17.7. The number of halogens is 1. The van der Waals surface area contributed by atoms with Crippen molar-refractivity contribution in [3.63, 3.8) is 0 Å². The molecule has 0 aliphatic heterocycles. The van der Waals surface area contributed by atoms with Crippen LogP contribution >= 0.6 is 23.4 Å². The lowest BCUT2D eigenvalue weighted by Gasteiger charge is -2.17. The van der Waals surface area contributed by atoms with Gasteiger partial charge < -0.3 is 5.32 Å². The van der Waals surface area contributed by atoms with Crippen molar-refractivity contribution in [3.8, 4) is 0 Å². The molecule has 0 radical (unpaired) electrons. The van der Waals surface area contributed by atoms with Crippen LogP contribution in [0.2, 0.25) is 5.02 Å². The zero-order valence-electron chi connectivity index (χ0n) is 13.9. The molecule has 126 valence electrons. The third kappa shape index (κ3) is 5.11. The van der Waals surface area contributed by atoms with Crippen molar-refractivity contribution in [2.45, 2.75) is 25.7 Å². The summed E-state index contributed by atoms with van der Waals surface area (Å²) in [7, 11) is 0. The molecule has 0 unspecified atom stereocenters. The van der Waals surface area contributed by atoms with Crippen molar-refractivity contribution in [2.24, 2.45) is 5.41 Å². The van der Waals surface area contributed by atoms with Gasteiger partial charge in [-0.1, -0.05) is 44.5 Å². The molecule has 2 rings (SSSR count). The summed E-state index contributed by atoms with van der Waals surface area (Å²) in [5.41, 5.74) is 0.841. The summed E-state index contributed by atoms with van der Waals surface area (Å²) in [6, 6.07) is 14.4. The average molecular weight is 362 g/mol. The third-order valence-corrected chi connectivity index (χ3v) is 4.86. The topological polar surface area (TPSA) is 46.2 Å². The molecule has 0 heterocycles. The van der Waals surface area contributed by atoms with E-state index < -0.39 is 5.41 Å². The number of carbonyl (C=O) groups excluding carboxylic acids is 2. The van der Waals surface area contributed by atoms with Crippen LogP contribution in [0.3, 0.4) is 0 Å². The second kappa shape index (κ2) is 7.86. The van der Waals surface area contributed by atoms with Gasteiger partial charge in [0.1, 0.15) is 0 Å². The molecule has 5 heteroatoms. The molecular formula is C19H20ClNO2S. The molecule has 3 nitrogen and oxygen atoms in total. The number of hydrogen-bond donors (Lipinski definition) is 1. The van der Waals surface area contributed by atoms with E-state index in [-0.39, 0.29) is 11.7 Å². The molecule has 0 aromatic heterocycles. The molecule has 24 heavy (non-hydrogen) atoms. The van der Waals surface area contributed by atoms with E-state index in [1.807, 2.05) is 39.0 Å². The largest absolute Gasteiger partial charge is 0.326 e. The van der Waals surface area contributed by atoms with Gasteiger partial charge in [0.05, 0.1) is 10.8 Å². The predicted molar refractivity (Wildman–Crippen MR) is 101 cm³/mol. The summed E-state index contributed by atoms with van der Waals surface area (Å²) < 4.78 is 0. The SMILES string of the molecule is CC(C)(C)C(=O)Nc1ccc(C(=O)CSc2ccccc2Cl)cc1. The smallest absolute Gasteiger partial charge is 0.229 e. The van der Waals surface area contributed by atoms with Gasteiger partial charge in [-0.25, -0.2) is 0 Å². The van der Waals surface area contributed by atoms with E-state index in [9.17, 15) is 9.59 Å². The highest BCUT2D eigenvalue weighted by atomic mass is 35.5. The molecule has 0 saturated carbocycles. The molecule has 0 fully saturated rings. The molecule has 2 aromatic rings. The summed E-state index contributed by atoms with van der Waals surface area (Å²) in [4.78, 5) is 25.1. The summed E-state index contributed by atoms with van der Waals surface area (Å²) in [6.45, 7) is 5.56. The van der Waals surface area contributed by atoms with Gasteiger partial charge in [0, 0.05) is 21.6 Å². The number of benzene rings is 2. The fraction of sp³-hybridized carbons (Fsp3) is 0.263.